The highest BCUT2D eigenvalue weighted by atomic mass is 16.2. The maximum atomic E-state index is 14.1. The van der Waals surface area contributed by atoms with Gasteiger partial charge in [-0.1, -0.05) is 42.8 Å². The first-order valence-electron chi connectivity index (χ1n) is 15.9. The van der Waals surface area contributed by atoms with Crippen LogP contribution in [0.2, 0.25) is 0 Å². The van der Waals surface area contributed by atoms with E-state index < -0.39 is 11.5 Å². The fourth-order valence-electron chi connectivity index (χ4n) is 7.18. The fraction of sp³-hybridized carbons (Fsp3) is 0.486. The van der Waals surface area contributed by atoms with Crippen molar-refractivity contribution in [2.24, 2.45) is 18.4 Å². The van der Waals surface area contributed by atoms with Gasteiger partial charge in [-0.25, -0.2) is 0 Å². The summed E-state index contributed by atoms with van der Waals surface area (Å²) in [6.07, 6.45) is 8.07. The van der Waals surface area contributed by atoms with Crippen molar-refractivity contribution in [1.82, 2.24) is 25.7 Å². The summed E-state index contributed by atoms with van der Waals surface area (Å²) in [5.74, 6) is -0.193. The van der Waals surface area contributed by atoms with Crippen molar-refractivity contribution < 1.29 is 14.4 Å². The molecule has 1 aromatic heterocycles. The number of benzene rings is 2. The predicted octanol–water partition coefficient (Wildman–Crippen LogP) is 4.06. The molecule has 3 aliphatic carbocycles. The molecule has 4 N–H and O–H groups in total. The summed E-state index contributed by atoms with van der Waals surface area (Å²) >= 11 is 0. The summed E-state index contributed by atoms with van der Waals surface area (Å²) in [7, 11) is 3.63. The Kier molecular flexibility index (Phi) is 8.09. The van der Waals surface area contributed by atoms with E-state index in [4.69, 9.17) is 0 Å². The normalized spacial score (nSPS) is 19.9. The first-order valence-corrected chi connectivity index (χ1v) is 15.9. The standard InChI is InChI=1S/C35H44N6O3/c1-34(2,33(44)39-27(21-36-3)22-9-7-10-22)24-12-14-25(15-13-24)38-32(43)30(40-31(42)28-16-19-37-41(28)4)29-26-11-6-5-8-23(26)20-35(29)17-18-35/h5-6,8,11-16,19,22,27,29-30,36H,7,9-10,17-18,20-21H2,1-4H3,(H,38,43)(H,39,44)(H,40,42)/t27-,29?,30+/m1/s1. The lowest BCUT2D eigenvalue weighted by Crippen LogP contribution is -2.52. The zero-order chi connectivity index (χ0) is 31.1. The Morgan fingerprint density at radius 2 is 1.75 bits per heavy atom. The van der Waals surface area contributed by atoms with E-state index in [1.54, 1.807) is 19.3 Å². The lowest BCUT2D eigenvalue weighted by Gasteiger charge is -2.36. The third-order valence-electron chi connectivity index (χ3n) is 10.3. The summed E-state index contributed by atoms with van der Waals surface area (Å²) in [5, 5.41) is 16.8. The van der Waals surface area contributed by atoms with Gasteiger partial charge >= 0.3 is 0 Å². The number of carbonyl (C=O) groups is 3. The number of hydrogen-bond acceptors (Lipinski definition) is 5. The number of rotatable bonds is 11. The number of nitrogens with zero attached hydrogens (tertiary/aromatic N) is 2. The summed E-state index contributed by atoms with van der Waals surface area (Å²) < 4.78 is 1.52. The quantitative estimate of drug-likeness (QED) is 0.266. The van der Waals surface area contributed by atoms with Gasteiger partial charge in [0.1, 0.15) is 11.7 Å². The molecule has 0 bridgehead atoms. The smallest absolute Gasteiger partial charge is 0.270 e. The average molecular weight is 597 g/mol. The van der Waals surface area contributed by atoms with Crippen molar-refractivity contribution in [1.29, 1.82) is 0 Å². The van der Waals surface area contributed by atoms with E-state index in [-0.39, 0.29) is 35.1 Å². The second-order valence-corrected chi connectivity index (χ2v) is 13.5. The number of hydrogen-bond donors (Lipinski definition) is 4. The molecule has 1 spiro atoms. The molecule has 0 aliphatic heterocycles. The minimum Gasteiger partial charge on any atom is -0.351 e. The van der Waals surface area contributed by atoms with Crippen molar-refractivity contribution in [3.05, 3.63) is 83.2 Å². The van der Waals surface area contributed by atoms with Gasteiger partial charge in [0.2, 0.25) is 11.8 Å². The van der Waals surface area contributed by atoms with Crippen LogP contribution in [0.3, 0.4) is 0 Å². The van der Waals surface area contributed by atoms with Gasteiger partial charge in [-0.15, -0.1) is 0 Å². The second-order valence-electron chi connectivity index (χ2n) is 13.5. The maximum Gasteiger partial charge on any atom is 0.270 e. The number of fused-ring (bicyclic) bond motifs is 1. The van der Waals surface area contributed by atoms with Crippen LogP contribution < -0.4 is 21.3 Å². The SMILES string of the molecule is CNC[C@@H](NC(=O)C(C)(C)c1ccc(NC(=O)[C@@H](NC(=O)c2ccnn2C)C2c3ccccc3CC23CC3)cc1)C1CCC1. The van der Waals surface area contributed by atoms with Crippen molar-refractivity contribution in [3.63, 3.8) is 0 Å². The Morgan fingerprint density at radius 3 is 2.36 bits per heavy atom. The third kappa shape index (κ3) is 5.65. The molecule has 3 aromatic rings. The topological polar surface area (TPSA) is 117 Å². The van der Waals surface area contributed by atoms with Crippen LogP contribution in [0, 0.1) is 11.3 Å². The van der Waals surface area contributed by atoms with Crippen LogP contribution in [0.15, 0.2) is 60.8 Å². The number of aryl methyl sites for hydroxylation is 1. The van der Waals surface area contributed by atoms with E-state index in [1.807, 2.05) is 57.3 Å². The number of nitrogens with one attached hydrogen (secondary N) is 4. The van der Waals surface area contributed by atoms with Crippen molar-refractivity contribution in [2.75, 3.05) is 18.9 Å². The van der Waals surface area contributed by atoms with Crippen molar-refractivity contribution in [2.45, 2.75) is 75.8 Å². The first kappa shape index (κ1) is 30.1. The molecule has 0 radical (unpaired) electrons. The second kappa shape index (κ2) is 11.8. The van der Waals surface area contributed by atoms with Crippen LogP contribution in [0.5, 0.6) is 0 Å². The zero-order valence-electron chi connectivity index (χ0n) is 26.2. The van der Waals surface area contributed by atoms with E-state index in [9.17, 15) is 14.4 Å². The average Bonchev–Trinajstić information content (AvgIpc) is 3.47. The Bertz CT molecular complexity index is 1540. The molecular formula is C35H44N6O3. The lowest BCUT2D eigenvalue weighted by atomic mass is 9.78. The number of amides is 3. The lowest BCUT2D eigenvalue weighted by molar-refractivity contribution is -0.127. The molecule has 9 nitrogen and oxygen atoms in total. The Hall–Kier alpha value is -3.98. The zero-order valence-corrected chi connectivity index (χ0v) is 26.2. The van der Waals surface area contributed by atoms with Crippen molar-refractivity contribution in [3.8, 4) is 0 Å². The third-order valence-corrected chi connectivity index (χ3v) is 10.3. The Morgan fingerprint density at radius 1 is 1.02 bits per heavy atom. The first-order chi connectivity index (χ1) is 21.1. The van der Waals surface area contributed by atoms with Gasteiger partial charge in [-0.2, -0.15) is 5.10 Å². The fourth-order valence-corrected chi connectivity index (χ4v) is 7.18. The van der Waals surface area contributed by atoms with E-state index >= 15 is 0 Å². The number of anilines is 1. The summed E-state index contributed by atoms with van der Waals surface area (Å²) in [6.45, 7) is 4.62. The van der Waals surface area contributed by atoms with Gasteiger partial charge in [-0.3, -0.25) is 19.1 Å². The largest absolute Gasteiger partial charge is 0.351 e. The summed E-state index contributed by atoms with van der Waals surface area (Å²) in [6, 6.07) is 16.8. The van der Waals surface area contributed by atoms with Crippen LogP contribution in [0.1, 0.15) is 79.0 Å². The molecular weight excluding hydrogens is 552 g/mol. The Labute approximate surface area is 259 Å². The van der Waals surface area contributed by atoms with E-state index in [0.29, 0.717) is 17.3 Å². The molecule has 3 amide bonds. The molecule has 2 saturated carbocycles. The van der Waals surface area contributed by atoms with E-state index in [2.05, 4.69) is 38.5 Å². The van der Waals surface area contributed by atoms with Crippen LogP contribution in [0.25, 0.3) is 0 Å². The van der Waals surface area contributed by atoms with Gasteiger partial charge < -0.3 is 21.3 Å². The van der Waals surface area contributed by atoms with Gasteiger partial charge in [-0.05, 0) is 99.2 Å². The molecule has 3 atom stereocenters. The maximum absolute atomic E-state index is 14.1. The van der Waals surface area contributed by atoms with E-state index in [0.717, 1.165) is 49.8 Å². The highest BCUT2D eigenvalue weighted by molar-refractivity contribution is 6.01. The van der Waals surface area contributed by atoms with Crippen LogP contribution in [-0.4, -0.2) is 53.2 Å². The molecule has 232 valence electrons. The number of carbonyl (C=O) groups excluding carboxylic acids is 3. The molecule has 3 aliphatic rings. The van der Waals surface area contributed by atoms with Gasteiger partial charge in [0, 0.05) is 37.4 Å². The monoisotopic (exact) mass is 596 g/mol. The highest BCUT2D eigenvalue weighted by Crippen LogP contribution is 2.64. The molecule has 1 unspecified atom stereocenters. The molecule has 1 heterocycles. The Balaban J connectivity index is 1.21. The van der Waals surface area contributed by atoms with E-state index in [1.165, 1.54) is 16.7 Å². The molecule has 9 heteroatoms. The van der Waals surface area contributed by atoms with Crippen LogP contribution in [-0.2, 0) is 28.5 Å². The van der Waals surface area contributed by atoms with Crippen molar-refractivity contribution >= 4 is 23.4 Å². The number of aromatic nitrogens is 2. The minimum atomic E-state index is -0.763. The summed E-state index contributed by atoms with van der Waals surface area (Å²) in [5.41, 5.74) is 3.51. The van der Waals surface area contributed by atoms with Gasteiger partial charge in [0.05, 0.1) is 5.41 Å². The van der Waals surface area contributed by atoms with Crippen LogP contribution >= 0.6 is 0 Å². The summed E-state index contributed by atoms with van der Waals surface area (Å²) in [4.78, 5) is 40.9. The molecule has 2 fully saturated rings. The van der Waals surface area contributed by atoms with Gasteiger partial charge in [0.15, 0.2) is 0 Å². The van der Waals surface area contributed by atoms with Crippen LogP contribution in [0.4, 0.5) is 5.69 Å². The minimum absolute atomic E-state index is 0.00555. The predicted molar refractivity (Wildman–Crippen MR) is 170 cm³/mol. The molecule has 44 heavy (non-hydrogen) atoms. The molecule has 0 saturated heterocycles. The molecule has 2 aromatic carbocycles. The number of likely N-dealkylation sites (N-methyl/N-ethyl adjacent to an activating group) is 1. The molecule has 6 rings (SSSR count). The highest BCUT2D eigenvalue weighted by Gasteiger charge is 2.58. The van der Waals surface area contributed by atoms with Gasteiger partial charge in [0.25, 0.3) is 5.91 Å².